The molecule has 1 aliphatic carbocycles. The van der Waals surface area contributed by atoms with Gasteiger partial charge >= 0.3 is 0 Å². The number of ketones is 1. The normalized spacial score (nSPS) is 19.2. The maximum Gasteiger partial charge on any atom is 0.254 e. The van der Waals surface area contributed by atoms with E-state index in [1.807, 2.05) is 50.2 Å². The lowest BCUT2D eigenvalue weighted by atomic mass is 9.68. The number of anilines is 1. The Bertz CT molecular complexity index is 1280. The molecule has 1 atom stereocenters. The minimum absolute atomic E-state index is 0.0455. The number of Topliss-reactive ketones (excluding diaryl/α,β-unsaturated/α-hetero) is 1. The molecule has 0 saturated heterocycles. The van der Waals surface area contributed by atoms with E-state index in [1.54, 1.807) is 14.2 Å². The highest BCUT2D eigenvalue weighted by atomic mass is 79.9. The molecule has 0 aromatic heterocycles. The molecule has 7 heteroatoms. The predicted molar refractivity (Wildman–Crippen MR) is 141 cm³/mol. The first-order chi connectivity index (χ1) is 16.6. The standard InChI is InChI=1S/C28H31BrN2O4/c1-15-9-7-8-10-19(15)31-27(33)24-16(2)30-20-13-28(3,4)14-21(32)26(20)25(24)17-11-22(34-5)23(35-6)12-18(17)29/h7-12,25,30H,13-14H2,1-6H3,(H,31,33)/t25-/m0/s1. The molecule has 35 heavy (non-hydrogen) atoms. The van der Waals surface area contributed by atoms with Crippen molar-refractivity contribution in [2.75, 3.05) is 19.5 Å². The molecule has 184 valence electrons. The average Bonchev–Trinajstić information content (AvgIpc) is 2.78. The van der Waals surface area contributed by atoms with Gasteiger partial charge in [0.2, 0.25) is 0 Å². The molecule has 0 spiro atoms. The largest absolute Gasteiger partial charge is 0.493 e. The monoisotopic (exact) mass is 538 g/mol. The van der Waals surface area contributed by atoms with Gasteiger partial charge in [0.15, 0.2) is 17.3 Å². The van der Waals surface area contributed by atoms with Gasteiger partial charge in [-0.1, -0.05) is 48.0 Å². The number of ether oxygens (including phenoxy) is 2. The number of benzene rings is 2. The fraction of sp³-hybridized carbons (Fsp3) is 0.357. The molecular formula is C28H31BrN2O4. The lowest BCUT2D eigenvalue weighted by molar-refractivity contribution is -0.118. The highest BCUT2D eigenvalue weighted by Crippen LogP contribution is 2.49. The van der Waals surface area contributed by atoms with Crippen molar-refractivity contribution >= 4 is 33.3 Å². The van der Waals surface area contributed by atoms with Gasteiger partial charge in [-0.05, 0) is 55.0 Å². The van der Waals surface area contributed by atoms with E-state index in [2.05, 4.69) is 40.4 Å². The van der Waals surface area contributed by atoms with E-state index in [-0.39, 0.29) is 17.1 Å². The summed E-state index contributed by atoms with van der Waals surface area (Å²) in [7, 11) is 3.15. The van der Waals surface area contributed by atoms with E-state index in [1.165, 1.54) is 0 Å². The van der Waals surface area contributed by atoms with Crippen molar-refractivity contribution in [2.24, 2.45) is 5.41 Å². The second-order valence-corrected chi connectivity index (χ2v) is 10.8. The second kappa shape index (κ2) is 9.53. The molecule has 2 aliphatic rings. The van der Waals surface area contributed by atoms with Gasteiger partial charge < -0.3 is 20.1 Å². The van der Waals surface area contributed by atoms with Crippen LogP contribution in [-0.2, 0) is 9.59 Å². The minimum Gasteiger partial charge on any atom is -0.493 e. The third-order valence-corrected chi connectivity index (χ3v) is 7.38. The van der Waals surface area contributed by atoms with Crippen LogP contribution in [0.4, 0.5) is 5.69 Å². The molecule has 0 radical (unpaired) electrons. The predicted octanol–water partition coefficient (Wildman–Crippen LogP) is 6.02. The molecule has 1 amide bonds. The van der Waals surface area contributed by atoms with Gasteiger partial charge in [-0.3, -0.25) is 9.59 Å². The van der Waals surface area contributed by atoms with Crippen LogP contribution in [0.2, 0.25) is 0 Å². The molecule has 4 rings (SSSR count). The highest BCUT2D eigenvalue weighted by molar-refractivity contribution is 9.10. The van der Waals surface area contributed by atoms with Crippen molar-refractivity contribution in [1.29, 1.82) is 0 Å². The zero-order valence-electron chi connectivity index (χ0n) is 21.0. The van der Waals surface area contributed by atoms with Crippen molar-refractivity contribution < 1.29 is 19.1 Å². The summed E-state index contributed by atoms with van der Waals surface area (Å²) in [6.07, 6.45) is 1.14. The molecule has 0 fully saturated rings. The minimum atomic E-state index is -0.562. The number of carbonyl (C=O) groups excluding carboxylic acids is 2. The third-order valence-electron chi connectivity index (χ3n) is 6.69. The Morgan fingerprint density at radius 1 is 1.09 bits per heavy atom. The summed E-state index contributed by atoms with van der Waals surface area (Å²) < 4.78 is 11.8. The molecular weight excluding hydrogens is 508 g/mol. The quantitative estimate of drug-likeness (QED) is 0.486. The van der Waals surface area contributed by atoms with Crippen LogP contribution in [0.5, 0.6) is 11.5 Å². The van der Waals surface area contributed by atoms with E-state index in [0.29, 0.717) is 29.1 Å². The van der Waals surface area contributed by atoms with Crippen LogP contribution in [0.1, 0.15) is 50.7 Å². The number of aryl methyl sites for hydroxylation is 1. The second-order valence-electron chi connectivity index (χ2n) is 9.93. The van der Waals surface area contributed by atoms with E-state index in [4.69, 9.17) is 9.47 Å². The van der Waals surface area contributed by atoms with Crippen molar-refractivity contribution in [2.45, 2.75) is 46.5 Å². The van der Waals surface area contributed by atoms with Crippen molar-refractivity contribution in [1.82, 2.24) is 5.32 Å². The number of hydrogen-bond donors (Lipinski definition) is 2. The fourth-order valence-corrected chi connectivity index (χ4v) is 5.59. The molecule has 0 bridgehead atoms. The Balaban J connectivity index is 1.90. The summed E-state index contributed by atoms with van der Waals surface area (Å²) in [6, 6.07) is 11.3. The Hall–Kier alpha value is -3.06. The van der Waals surface area contributed by atoms with Crippen LogP contribution in [0.15, 0.2) is 63.4 Å². The van der Waals surface area contributed by atoms with Gasteiger partial charge in [-0.2, -0.15) is 0 Å². The topological polar surface area (TPSA) is 76.7 Å². The summed E-state index contributed by atoms with van der Waals surface area (Å²) in [5.74, 6) is 0.331. The lowest BCUT2D eigenvalue weighted by Gasteiger charge is -2.40. The summed E-state index contributed by atoms with van der Waals surface area (Å²) >= 11 is 3.68. The first-order valence-electron chi connectivity index (χ1n) is 11.6. The number of dihydropyridines is 1. The van der Waals surface area contributed by atoms with Crippen LogP contribution in [-0.4, -0.2) is 25.9 Å². The number of carbonyl (C=O) groups is 2. The zero-order chi connectivity index (χ0) is 25.5. The lowest BCUT2D eigenvalue weighted by Crippen LogP contribution is -2.39. The number of amides is 1. The highest BCUT2D eigenvalue weighted by Gasteiger charge is 2.43. The molecule has 2 aromatic rings. The van der Waals surface area contributed by atoms with Gasteiger partial charge in [0.1, 0.15) is 0 Å². The maximum absolute atomic E-state index is 13.8. The number of para-hydroxylation sites is 1. The fourth-order valence-electron chi connectivity index (χ4n) is 5.04. The van der Waals surface area contributed by atoms with Crippen molar-refractivity contribution in [3.8, 4) is 11.5 Å². The van der Waals surface area contributed by atoms with Gasteiger partial charge in [0, 0.05) is 45.0 Å². The van der Waals surface area contributed by atoms with Crippen LogP contribution < -0.4 is 20.1 Å². The first-order valence-corrected chi connectivity index (χ1v) is 12.4. The average molecular weight is 539 g/mol. The number of rotatable bonds is 5. The number of nitrogens with one attached hydrogen (secondary N) is 2. The third kappa shape index (κ3) is 4.74. The van der Waals surface area contributed by atoms with Crippen molar-refractivity contribution in [3.63, 3.8) is 0 Å². The van der Waals surface area contributed by atoms with Crippen LogP contribution in [0, 0.1) is 12.3 Å². The van der Waals surface area contributed by atoms with E-state index in [0.717, 1.165) is 39.1 Å². The van der Waals surface area contributed by atoms with Gasteiger partial charge in [0.25, 0.3) is 5.91 Å². The Labute approximate surface area is 214 Å². The van der Waals surface area contributed by atoms with Crippen LogP contribution in [0.3, 0.4) is 0 Å². The molecule has 0 saturated carbocycles. The number of halogens is 1. The smallest absolute Gasteiger partial charge is 0.254 e. The van der Waals surface area contributed by atoms with Crippen LogP contribution >= 0.6 is 15.9 Å². The Kier molecular flexibility index (Phi) is 6.82. The molecule has 2 aromatic carbocycles. The van der Waals surface area contributed by atoms with Gasteiger partial charge in [-0.25, -0.2) is 0 Å². The van der Waals surface area contributed by atoms with E-state index < -0.39 is 5.92 Å². The van der Waals surface area contributed by atoms with Gasteiger partial charge in [-0.15, -0.1) is 0 Å². The van der Waals surface area contributed by atoms with E-state index >= 15 is 0 Å². The first kappa shape index (κ1) is 25.0. The Morgan fingerprint density at radius 3 is 2.40 bits per heavy atom. The molecule has 0 unspecified atom stereocenters. The van der Waals surface area contributed by atoms with Gasteiger partial charge in [0.05, 0.1) is 14.2 Å². The molecule has 2 N–H and O–H groups in total. The number of methoxy groups -OCH3 is 2. The summed E-state index contributed by atoms with van der Waals surface area (Å²) in [4.78, 5) is 27.4. The van der Waals surface area contributed by atoms with Crippen molar-refractivity contribution in [3.05, 3.63) is 74.5 Å². The zero-order valence-corrected chi connectivity index (χ0v) is 22.6. The maximum atomic E-state index is 13.8. The molecule has 6 nitrogen and oxygen atoms in total. The SMILES string of the molecule is COc1cc(Br)c([C@H]2C(C(=O)Nc3ccccc3C)=C(C)NC3=C2C(=O)CC(C)(C)C3)cc1OC. The number of allylic oxidation sites excluding steroid dienone is 3. The van der Waals surface area contributed by atoms with Crippen LogP contribution in [0.25, 0.3) is 0 Å². The summed E-state index contributed by atoms with van der Waals surface area (Å²) in [6.45, 7) is 8.03. The van der Waals surface area contributed by atoms with E-state index in [9.17, 15) is 9.59 Å². The summed E-state index contributed by atoms with van der Waals surface area (Å²) in [5, 5.41) is 6.48. The molecule has 1 heterocycles. The molecule has 1 aliphatic heterocycles. The Morgan fingerprint density at radius 2 is 1.74 bits per heavy atom. The number of hydrogen-bond acceptors (Lipinski definition) is 5. The summed E-state index contributed by atoms with van der Waals surface area (Å²) in [5.41, 5.74) is 5.06.